The van der Waals surface area contributed by atoms with E-state index in [4.69, 9.17) is 9.84 Å². The summed E-state index contributed by atoms with van der Waals surface area (Å²) < 4.78 is 5.11. The molecule has 1 N–H and O–H groups in total. The molecule has 8 heteroatoms. The lowest BCUT2D eigenvalue weighted by atomic mass is 10.1. The van der Waals surface area contributed by atoms with Crippen LogP contribution in [0, 0.1) is 0 Å². The lowest BCUT2D eigenvalue weighted by Gasteiger charge is -2.11. The highest BCUT2D eigenvalue weighted by Crippen LogP contribution is 2.29. The highest BCUT2D eigenvalue weighted by Gasteiger charge is 2.38. The van der Waals surface area contributed by atoms with Crippen molar-refractivity contribution in [3.8, 4) is 5.75 Å². The topological polar surface area (TPSA) is 91.6 Å². The zero-order valence-electron chi connectivity index (χ0n) is 13.7. The second-order valence-electron chi connectivity index (χ2n) is 5.08. The van der Waals surface area contributed by atoms with Crippen molar-refractivity contribution >= 4 is 34.5 Å². The van der Waals surface area contributed by atoms with E-state index in [0.717, 1.165) is 23.1 Å². The summed E-state index contributed by atoms with van der Waals surface area (Å²) in [5, 5.41) is 17.0. The Morgan fingerprint density at radius 1 is 1.38 bits per heavy atom. The van der Waals surface area contributed by atoms with E-state index in [-0.39, 0.29) is 12.3 Å². The molecular formula is C16H19N3O4S. The smallest absolute Gasteiger partial charge is 0.305 e. The van der Waals surface area contributed by atoms with Crippen molar-refractivity contribution in [3.63, 3.8) is 0 Å². The average molecular weight is 349 g/mol. The Morgan fingerprint density at radius 3 is 2.58 bits per heavy atom. The van der Waals surface area contributed by atoms with Gasteiger partial charge in [-0.2, -0.15) is 5.10 Å². The third kappa shape index (κ3) is 4.14. The number of hydrogen-bond donors (Lipinski definition) is 1. The van der Waals surface area contributed by atoms with Crippen LogP contribution in [0.3, 0.4) is 0 Å². The van der Waals surface area contributed by atoms with Gasteiger partial charge in [-0.15, -0.1) is 5.10 Å². The number of rotatable bonds is 6. The lowest BCUT2D eigenvalue weighted by Crippen LogP contribution is -2.32. The molecule has 1 aromatic carbocycles. The highest BCUT2D eigenvalue weighted by molar-refractivity contribution is 8.15. The molecular weight excluding hydrogens is 330 g/mol. The van der Waals surface area contributed by atoms with Crippen LogP contribution in [0.25, 0.3) is 0 Å². The lowest BCUT2D eigenvalue weighted by molar-refractivity contribution is -0.139. The van der Waals surface area contributed by atoms with Gasteiger partial charge in [0, 0.05) is 6.54 Å². The van der Waals surface area contributed by atoms with Crippen LogP contribution < -0.4 is 4.74 Å². The Morgan fingerprint density at radius 2 is 2.04 bits per heavy atom. The highest BCUT2D eigenvalue weighted by atomic mass is 32.2. The van der Waals surface area contributed by atoms with Crippen LogP contribution in [0.5, 0.6) is 5.75 Å². The van der Waals surface area contributed by atoms with E-state index in [1.807, 2.05) is 38.1 Å². The number of hydrogen-bond acceptors (Lipinski definition) is 6. The number of carboxylic acid groups (broad SMARTS) is 1. The monoisotopic (exact) mass is 349 g/mol. The number of amides is 1. The van der Waals surface area contributed by atoms with E-state index in [1.165, 1.54) is 4.90 Å². The van der Waals surface area contributed by atoms with Gasteiger partial charge >= 0.3 is 5.97 Å². The predicted octanol–water partition coefficient (Wildman–Crippen LogP) is 2.21. The molecule has 0 radical (unpaired) electrons. The fraction of sp³-hybridized carbons (Fsp3) is 0.375. The quantitative estimate of drug-likeness (QED) is 0.628. The van der Waals surface area contributed by atoms with Gasteiger partial charge in [0.25, 0.3) is 0 Å². The Bertz CT molecular complexity index is 685. The maximum Gasteiger partial charge on any atom is 0.305 e. The van der Waals surface area contributed by atoms with Crippen molar-refractivity contribution in [3.05, 3.63) is 29.8 Å². The third-order valence-electron chi connectivity index (χ3n) is 3.49. The van der Waals surface area contributed by atoms with Crippen molar-refractivity contribution in [2.75, 3.05) is 13.7 Å². The van der Waals surface area contributed by atoms with Crippen LogP contribution in [0.15, 0.2) is 34.5 Å². The maximum absolute atomic E-state index is 12.2. The summed E-state index contributed by atoms with van der Waals surface area (Å²) in [6.07, 6.45) is -0.222. The van der Waals surface area contributed by atoms with Gasteiger partial charge in [0.1, 0.15) is 11.0 Å². The predicted molar refractivity (Wildman–Crippen MR) is 93.7 cm³/mol. The summed E-state index contributed by atoms with van der Waals surface area (Å²) >= 11 is 1.14. The molecule has 0 aliphatic carbocycles. The molecule has 1 fully saturated rings. The summed E-state index contributed by atoms with van der Waals surface area (Å²) in [4.78, 5) is 24.5. The molecule has 1 heterocycles. The molecule has 128 valence electrons. The number of methoxy groups -OCH3 is 1. The molecule has 7 nitrogen and oxygen atoms in total. The summed E-state index contributed by atoms with van der Waals surface area (Å²) in [6.45, 7) is 4.06. The Hall–Kier alpha value is -2.35. The van der Waals surface area contributed by atoms with Crippen LogP contribution in [0.1, 0.15) is 25.8 Å². The normalized spacial score (nSPS) is 19.9. The first-order valence-electron chi connectivity index (χ1n) is 7.42. The van der Waals surface area contributed by atoms with Gasteiger partial charge in [-0.05, 0) is 43.7 Å². The molecule has 2 rings (SSSR count). The first-order chi connectivity index (χ1) is 11.5. The number of nitrogens with zero attached hydrogens (tertiary/aromatic N) is 3. The molecule has 0 saturated carbocycles. The minimum atomic E-state index is -1.00. The van der Waals surface area contributed by atoms with E-state index >= 15 is 0 Å². The van der Waals surface area contributed by atoms with Crippen LogP contribution in [-0.4, -0.2) is 51.7 Å². The molecule has 1 atom stereocenters. The van der Waals surface area contributed by atoms with Crippen molar-refractivity contribution in [1.82, 2.24) is 4.90 Å². The van der Waals surface area contributed by atoms with Crippen molar-refractivity contribution in [2.24, 2.45) is 10.2 Å². The maximum atomic E-state index is 12.2. The van der Waals surface area contributed by atoms with E-state index in [2.05, 4.69) is 10.2 Å². The SMILES string of the molecule is CCN1C(=O)[C@H](CC(=O)O)S/C1=N\N=C(/C)c1ccc(OC)cc1. The Balaban J connectivity index is 2.18. The number of aliphatic carboxylic acids is 1. The van der Waals surface area contributed by atoms with E-state index < -0.39 is 11.2 Å². The number of benzene rings is 1. The minimum Gasteiger partial charge on any atom is -0.497 e. The number of amidine groups is 1. The van der Waals surface area contributed by atoms with Crippen LogP contribution in [-0.2, 0) is 9.59 Å². The van der Waals surface area contributed by atoms with Gasteiger partial charge in [0.05, 0.1) is 19.2 Å². The first-order valence-corrected chi connectivity index (χ1v) is 8.30. The largest absolute Gasteiger partial charge is 0.497 e. The van der Waals surface area contributed by atoms with Crippen molar-refractivity contribution < 1.29 is 19.4 Å². The number of thioether (sulfide) groups is 1. The molecule has 1 aliphatic heterocycles. The van der Waals surface area contributed by atoms with Crippen molar-refractivity contribution in [2.45, 2.75) is 25.5 Å². The van der Waals surface area contributed by atoms with E-state index in [1.54, 1.807) is 7.11 Å². The molecule has 1 amide bonds. The van der Waals surface area contributed by atoms with Crippen LogP contribution in [0.2, 0.25) is 0 Å². The van der Waals surface area contributed by atoms with Crippen molar-refractivity contribution in [1.29, 1.82) is 0 Å². The average Bonchev–Trinajstić information content (AvgIpc) is 2.87. The van der Waals surface area contributed by atoms with Gasteiger partial charge in [0.2, 0.25) is 5.91 Å². The molecule has 1 aliphatic rings. The zero-order chi connectivity index (χ0) is 17.7. The zero-order valence-corrected chi connectivity index (χ0v) is 14.5. The van der Waals surface area contributed by atoms with Gasteiger partial charge in [-0.1, -0.05) is 11.8 Å². The fourth-order valence-electron chi connectivity index (χ4n) is 2.17. The number of carbonyl (C=O) groups excluding carboxylic acids is 1. The summed E-state index contributed by atoms with van der Waals surface area (Å²) in [7, 11) is 1.60. The van der Waals surface area contributed by atoms with Gasteiger partial charge in [0.15, 0.2) is 5.17 Å². The summed E-state index contributed by atoms with van der Waals surface area (Å²) in [6, 6.07) is 7.40. The van der Waals surface area contributed by atoms with E-state index in [9.17, 15) is 9.59 Å². The fourth-order valence-corrected chi connectivity index (χ4v) is 3.32. The number of carbonyl (C=O) groups is 2. The van der Waals surface area contributed by atoms with Crippen LogP contribution >= 0.6 is 11.8 Å². The summed E-state index contributed by atoms with van der Waals surface area (Å²) in [5.41, 5.74) is 1.58. The van der Waals surface area contributed by atoms with Gasteiger partial charge < -0.3 is 9.84 Å². The molecule has 24 heavy (non-hydrogen) atoms. The molecule has 0 bridgehead atoms. The Labute approximate surface area is 144 Å². The third-order valence-corrected chi connectivity index (χ3v) is 4.66. The van der Waals surface area contributed by atoms with Crippen LogP contribution in [0.4, 0.5) is 0 Å². The Kier molecular flexibility index (Phi) is 5.97. The molecule has 1 aromatic rings. The molecule has 0 aromatic heterocycles. The standard InChI is InChI=1S/C16H19N3O4S/c1-4-19-15(22)13(9-14(20)21)24-16(19)18-17-10(2)11-5-7-12(23-3)8-6-11/h5-8,13H,4,9H2,1-3H3,(H,20,21)/b17-10+,18-16-/t13-/m0/s1. The number of carboxylic acids is 1. The van der Waals surface area contributed by atoms with Gasteiger partial charge in [-0.3, -0.25) is 14.5 Å². The molecule has 1 saturated heterocycles. The summed E-state index contributed by atoms with van der Waals surface area (Å²) in [5.74, 6) is -0.486. The molecule has 0 spiro atoms. The first kappa shape index (κ1) is 18.0. The second-order valence-corrected chi connectivity index (χ2v) is 6.25. The van der Waals surface area contributed by atoms with E-state index in [0.29, 0.717) is 17.4 Å². The minimum absolute atomic E-state index is 0.222. The van der Waals surface area contributed by atoms with Gasteiger partial charge in [-0.25, -0.2) is 0 Å². The number of ether oxygens (including phenoxy) is 1. The second kappa shape index (κ2) is 7.96. The molecule has 0 unspecified atom stereocenters.